The fourth-order valence-electron chi connectivity index (χ4n) is 1.14. The Morgan fingerprint density at radius 2 is 2.07 bits per heavy atom. The van der Waals surface area contributed by atoms with Gasteiger partial charge in [-0.15, -0.1) is 0 Å². The quantitative estimate of drug-likeness (QED) is 0.785. The molecule has 0 fully saturated rings. The van der Waals surface area contributed by atoms with Crippen molar-refractivity contribution in [2.75, 3.05) is 0 Å². The van der Waals surface area contributed by atoms with Crippen LogP contribution in [0.2, 0.25) is 5.02 Å². The minimum absolute atomic E-state index is 0.0880. The van der Waals surface area contributed by atoms with Gasteiger partial charge in [0, 0.05) is 17.6 Å². The van der Waals surface area contributed by atoms with Crippen molar-refractivity contribution in [1.82, 2.24) is 5.32 Å². The molecule has 0 spiro atoms. The Hall–Kier alpha value is -1.28. The van der Waals surface area contributed by atoms with Gasteiger partial charge in [-0.05, 0) is 25.5 Å². The van der Waals surface area contributed by atoms with Crippen molar-refractivity contribution >= 4 is 17.5 Å². The van der Waals surface area contributed by atoms with Crippen LogP contribution in [0.25, 0.3) is 0 Å². The lowest BCUT2D eigenvalue weighted by atomic mass is 10.2. The monoisotopic (exact) mass is 223 g/mol. The third-order valence-electron chi connectivity index (χ3n) is 1.83. The summed E-state index contributed by atoms with van der Waals surface area (Å²) in [5, 5.41) is 3.45. The van der Waals surface area contributed by atoms with Gasteiger partial charge in [0.25, 0.3) is 0 Å². The molecule has 1 N–H and O–H groups in total. The van der Waals surface area contributed by atoms with Gasteiger partial charge in [-0.3, -0.25) is 4.79 Å². The summed E-state index contributed by atoms with van der Waals surface area (Å²) in [6, 6.07) is 7.47. The van der Waals surface area contributed by atoms with Gasteiger partial charge in [0.15, 0.2) is 0 Å². The molecule has 1 amide bonds. The maximum absolute atomic E-state index is 11.3. The number of rotatable bonds is 3. The van der Waals surface area contributed by atoms with Gasteiger partial charge in [-0.2, -0.15) is 0 Å². The average Bonchev–Trinajstić information content (AvgIpc) is 2.15. The van der Waals surface area contributed by atoms with E-state index in [9.17, 15) is 4.79 Å². The van der Waals surface area contributed by atoms with Crippen molar-refractivity contribution in [2.45, 2.75) is 20.4 Å². The first-order valence-electron chi connectivity index (χ1n) is 4.75. The standard InChI is InChI=1S/C12H14ClNO/c1-9(2)7-12(15)14-8-10-5-3-4-6-11(10)13/h3-7H,8H2,1-2H3,(H,14,15). The lowest BCUT2D eigenvalue weighted by Crippen LogP contribution is -2.20. The van der Waals surface area contributed by atoms with E-state index in [1.54, 1.807) is 6.08 Å². The number of nitrogens with one attached hydrogen (secondary N) is 1. The van der Waals surface area contributed by atoms with Crippen LogP contribution < -0.4 is 5.32 Å². The zero-order valence-electron chi connectivity index (χ0n) is 8.88. The van der Waals surface area contributed by atoms with Crippen LogP contribution in [0.15, 0.2) is 35.9 Å². The van der Waals surface area contributed by atoms with E-state index < -0.39 is 0 Å². The highest BCUT2D eigenvalue weighted by molar-refractivity contribution is 6.31. The van der Waals surface area contributed by atoms with Gasteiger partial charge in [0.2, 0.25) is 5.91 Å². The van der Waals surface area contributed by atoms with Crippen molar-refractivity contribution < 1.29 is 4.79 Å². The molecule has 1 aromatic carbocycles. The van der Waals surface area contributed by atoms with E-state index in [2.05, 4.69) is 5.32 Å². The summed E-state index contributed by atoms with van der Waals surface area (Å²) in [6.45, 7) is 4.23. The van der Waals surface area contributed by atoms with E-state index in [4.69, 9.17) is 11.6 Å². The van der Waals surface area contributed by atoms with Gasteiger partial charge in [0.05, 0.1) is 0 Å². The summed E-state index contributed by atoms with van der Waals surface area (Å²) in [5.41, 5.74) is 1.90. The van der Waals surface area contributed by atoms with E-state index in [1.807, 2.05) is 38.1 Å². The first-order valence-corrected chi connectivity index (χ1v) is 5.13. The molecule has 1 rings (SSSR count). The molecule has 80 valence electrons. The molecule has 0 saturated carbocycles. The second-order valence-electron chi connectivity index (χ2n) is 3.53. The summed E-state index contributed by atoms with van der Waals surface area (Å²) in [7, 11) is 0. The number of hydrogen-bond donors (Lipinski definition) is 1. The summed E-state index contributed by atoms with van der Waals surface area (Å²) >= 11 is 5.95. The predicted molar refractivity (Wildman–Crippen MR) is 62.7 cm³/mol. The Morgan fingerprint density at radius 1 is 1.40 bits per heavy atom. The molecule has 0 atom stereocenters. The summed E-state index contributed by atoms with van der Waals surface area (Å²) in [6.07, 6.45) is 1.57. The van der Waals surface area contributed by atoms with Crippen molar-refractivity contribution in [2.24, 2.45) is 0 Å². The molecule has 0 saturated heterocycles. The first-order chi connectivity index (χ1) is 7.09. The fourth-order valence-corrected chi connectivity index (χ4v) is 1.34. The highest BCUT2D eigenvalue weighted by atomic mass is 35.5. The van der Waals surface area contributed by atoms with E-state index in [0.717, 1.165) is 11.1 Å². The summed E-state index contributed by atoms with van der Waals surface area (Å²) in [5.74, 6) is -0.0880. The minimum atomic E-state index is -0.0880. The molecule has 0 aromatic heterocycles. The molecule has 0 bridgehead atoms. The third-order valence-corrected chi connectivity index (χ3v) is 2.20. The molecule has 3 heteroatoms. The number of carbonyl (C=O) groups is 1. The van der Waals surface area contributed by atoms with Crippen LogP contribution in [0.5, 0.6) is 0 Å². The average molecular weight is 224 g/mol. The number of benzene rings is 1. The highest BCUT2D eigenvalue weighted by Gasteiger charge is 2.00. The summed E-state index contributed by atoms with van der Waals surface area (Å²) < 4.78 is 0. The van der Waals surface area contributed by atoms with Crippen LogP contribution in [0.4, 0.5) is 0 Å². The Bertz CT molecular complexity index is 381. The number of allylic oxidation sites excluding steroid dienone is 1. The maximum atomic E-state index is 11.3. The van der Waals surface area contributed by atoms with E-state index in [0.29, 0.717) is 11.6 Å². The Balaban J connectivity index is 2.55. The molecular weight excluding hydrogens is 210 g/mol. The number of halogens is 1. The molecule has 0 radical (unpaired) electrons. The minimum Gasteiger partial charge on any atom is -0.348 e. The number of amides is 1. The van der Waals surface area contributed by atoms with Crippen molar-refractivity contribution in [3.05, 3.63) is 46.5 Å². The molecule has 2 nitrogen and oxygen atoms in total. The Labute approximate surface area is 94.9 Å². The van der Waals surface area contributed by atoms with Crippen molar-refractivity contribution in [1.29, 1.82) is 0 Å². The SMILES string of the molecule is CC(C)=CC(=O)NCc1ccccc1Cl. The normalized spacial score (nSPS) is 9.53. The molecule has 1 aromatic rings. The van der Waals surface area contributed by atoms with Gasteiger partial charge in [-0.1, -0.05) is 35.4 Å². The molecule has 0 aliphatic heterocycles. The van der Waals surface area contributed by atoms with Gasteiger partial charge < -0.3 is 5.32 Å². The van der Waals surface area contributed by atoms with Crippen LogP contribution in [0, 0.1) is 0 Å². The van der Waals surface area contributed by atoms with E-state index in [1.165, 1.54) is 0 Å². The van der Waals surface area contributed by atoms with Crippen LogP contribution in [-0.2, 0) is 11.3 Å². The Morgan fingerprint density at radius 3 is 2.67 bits per heavy atom. The van der Waals surface area contributed by atoms with Crippen LogP contribution in [0.3, 0.4) is 0 Å². The van der Waals surface area contributed by atoms with E-state index >= 15 is 0 Å². The predicted octanol–water partition coefficient (Wildman–Crippen LogP) is 2.92. The summed E-state index contributed by atoms with van der Waals surface area (Å²) in [4.78, 5) is 11.3. The molecule has 0 unspecified atom stereocenters. The third kappa shape index (κ3) is 4.17. The molecule has 15 heavy (non-hydrogen) atoms. The molecular formula is C12H14ClNO. The Kier molecular flexibility index (Phi) is 4.37. The fraction of sp³-hybridized carbons (Fsp3) is 0.250. The highest BCUT2D eigenvalue weighted by Crippen LogP contribution is 2.14. The van der Waals surface area contributed by atoms with Gasteiger partial charge in [0.1, 0.15) is 0 Å². The van der Waals surface area contributed by atoms with E-state index in [-0.39, 0.29) is 5.91 Å². The maximum Gasteiger partial charge on any atom is 0.244 e. The van der Waals surface area contributed by atoms with Crippen molar-refractivity contribution in [3.8, 4) is 0 Å². The first kappa shape index (κ1) is 11.8. The van der Waals surface area contributed by atoms with Crippen LogP contribution >= 0.6 is 11.6 Å². The lowest BCUT2D eigenvalue weighted by Gasteiger charge is -2.04. The zero-order chi connectivity index (χ0) is 11.3. The number of carbonyl (C=O) groups excluding carboxylic acids is 1. The molecule has 0 aliphatic rings. The second kappa shape index (κ2) is 5.56. The largest absolute Gasteiger partial charge is 0.348 e. The molecule has 0 aliphatic carbocycles. The lowest BCUT2D eigenvalue weighted by molar-refractivity contribution is -0.116. The number of hydrogen-bond acceptors (Lipinski definition) is 1. The van der Waals surface area contributed by atoms with Crippen LogP contribution in [-0.4, -0.2) is 5.91 Å². The van der Waals surface area contributed by atoms with Crippen LogP contribution in [0.1, 0.15) is 19.4 Å². The topological polar surface area (TPSA) is 29.1 Å². The van der Waals surface area contributed by atoms with Gasteiger partial charge in [-0.25, -0.2) is 0 Å². The van der Waals surface area contributed by atoms with Gasteiger partial charge >= 0.3 is 0 Å². The second-order valence-corrected chi connectivity index (χ2v) is 3.94. The van der Waals surface area contributed by atoms with Crippen molar-refractivity contribution in [3.63, 3.8) is 0 Å². The molecule has 0 heterocycles. The smallest absolute Gasteiger partial charge is 0.244 e. The zero-order valence-corrected chi connectivity index (χ0v) is 9.64.